The molecule has 0 spiro atoms. The van der Waals surface area contributed by atoms with Crippen LogP contribution in [0.1, 0.15) is 18.2 Å². The zero-order valence-electron chi connectivity index (χ0n) is 12.0. The minimum Gasteiger partial charge on any atom is -0.343 e. The Morgan fingerprint density at radius 2 is 2.33 bits per heavy atom. The number of hydrogen-bond donors (Lipinski definition) is 0. The van der Waals surface area contributed by atoms with Gasteiger partial charge in [0.05, 0.1) is 24.2 Å². The highest BCUT2D eigenvalue weighted by atomic mass is 32.1. The van der Waals surface area contributed by atoms with E-state index in [-0.39, 0.29) is 24.4 Å². The standard InChI is InChI=1S/C14H16N4O2S/c1-3-10-7-11-13(21-10)16-9-18(14(11)20)8-12(19)17(2)6-4-5-15/h7,9H,3-4,6,8H2,1-2H3. The first-order valence-corrected chi connectivity index (χ1v) is 7.47. The van der Waals surface area contributed by atoms with Gasteiger partial charge in [-0.3, -0.25) is 14.2 Å². The summed E-state index contributed by atoms with van der Waals surface area (Å²) in [5.41, 5.74) is -0.196. The van der Waals surface area contributed by atoms with Crippen LogP contribution in [0.4, 0.5) is 0 Å². The topological polar surface area (TPSA) is 79.0 Å². The van der Waals surface area contributed by atoms with Gasteiger partial charge in [-0.2, -0.15) is 5.26 Å². The minimum atomic E-state index is -0.209. The van der Waals surface area contributed by atoms with Gasteiger partial charge in [0.25, 0.3) is 5.56 Å². The van der Waals surface area contributed by atoms with Crippen LogP contribution in [-0.2, 0) is 17.8 Å². The summed E-state index contributed by atoms with van der Waals surface area (Å²) in [4.78, 5) is 31.8. The average molecular weight is 304 g/mol. The number of aromatic nitrogens is 2. The highest BCUT2D eigenvalue weighted by Crippen LogP contribution is 2.20. The molecular weight excluding hydrogens is 288 g/mol. The van der Waals surface area contributed by atoms with Crippen molar-refractivity contribution in [2.45, 2.75) is 26.3 Å². The zero-order valence-corrected chi connectivity index (χ0v) is 12.8. The average Bonchev–Trinajstić information content (AvgIpc) is 2.91. The SMILES string of the molecule is CCc1cc2c(=O)n(CC(=O)N(C)CCC#N)cnc2s1. The van der Waals surface area contributed by atoms with Crippen molar-refractivity contribution in [3.05, 3.63) is 27.6 Å². The van der Waals surface area contributed by atoms with Gasteiger partial charge in [-0.05, 0) is 12.5 Å². The highest BCUT2D eigenvalue weighted by Gasteiger charge is 2.13. The number of nitrogens with zero attached hydrogens (tertiary/aromatic N) is 4. The lowest BCUT2D eigenvalue weighted by Gasteiger charge is -2.15. The summed E-state index contributed by atoms with van der Waals surface area (Å²) in [6, 6.07) is 3.83. The molecule has 0 aliphatic rings. The summed E-state index contributed by atoms with van der Waals surface area (Å²) in [7, 11) is 1.62. The van der Waals surface area contributed by atoms with Crippen molar-refractivity contribution in [1.29, 1.82) is 5.26 Å². The van der Waals surface area contributed by atoms with Gasteiger partial charge in [0, 0.05) is 18.5 Å². The molecule has 2 heterocycles. The van der Waals surface area contributed by atoms with Crippen LogP contribution in [0.5, 0.6) is 0 Å². The molecule has 0 saturated heterocycles. The van der Waals surface area contributed by atoms with E-state index in [0.29, 0.717) is 16.8 Å². The van der Waals surface area contributed by atoms with Crippen molar-refractivity contribution < 1.29 is 4.79 Å². The number of aryl methyl sites for hydroxylation is 1. The number of fused-ring (bicyclic) bond motifs is 1. The fraction of sp³-hybridized carbons (Fsp3) is 0.429. The quantitative estimate of drug-likeness (QED) is 0.836. The molecule has 0 fully saturated rings. The molecule has 0 atom stereocenters. The van der Waals surface area contributed by atoms with Crippen molar-refractivity contribution in [3.63, 3.8) is 0 Å². The molecule has 0 radical (unpaired) electrons. The lowest BCUT2D eigenvalue weighted by molar-refractivity contribution is -0.130. The predicted molar refractivity (Wildman–Crippen MR) is 81.1 cm³/mol. The number of carbonyl (C=O) groups excluding carboxylic acids is 1. The molecule has 0 bridgehead atoms. The monoisotopic (exact) mass is 304 g/mol. The Hall–Kier alpha value is -2.20. The molecule has 0 aliphatic heterocycles. The lowest BCUT2D eigenvalue weighted by atomic mass is 10.3. The fourth-order valence-electron chi connectivity index (χ4n) is 1.91. The van der Waals surface area contributed by atoms with Crippen molar-refractivity contribution in [3.8, 4) is 6.07 Å². The number of likely N-dealkylation sites (N-methyl/N-ethyl adjacent to an activating group) is 1. The van der Waals surface area contributed by atoms with Crippen molar-refractivity contribution in [2.75, 3.05) is 13.6 Å². The predicted octanol–water partition coefficient (Wildman–Crippen LogP) is 1.39. The summed E-state index contributed by atoms with van der Waals surface area (Å²) in [6.07, 6.45) is 2.55. The molecule has 6 nitrogen and oxygen atoms in total. The molecule has 0 aromatic carbocycles. The van der Waals surface area contributed by atoms with Gasteiger partial charge in [-0.15, -0.1) is 11.3 Å². The molecule has 110 valence electrons. The van der Waals surface area contributed by atoms with E-state index < -0.39 is 0 Å². The third kappa shape index (κ3) is 3.28. The van der Waals surface area contributed by atoms with E-state index >= 15 is 0 Å². The molecule has 2 aromatic rings. The van der Waals surface area contributed by atoms with Gasteiger partial charge in [-0.1, -0.05) is 6.92 Å². The molecule has 7 heteroatoms. The Balaban J connectivity index is 2.23. The van der Waals surface area contributed by atoms with Crippen LogP contribution in [0.3, 0.4) is 0 Å². The number of amides is 1. The maximum atomic E-state index is 12.3. The molecule has 0 unspecified atom stereocenters. The maximum absolute atomic E-state index is 12.3. The van der Waals surface area contributed by atoms with E-state index in [9.17, 15) is 9.59 Å². The van der Waals surface area contributed by atoms with Gasteiger partial charge in [-0.25, -0.2) is 4.98 Å². The Morgan fingerprint density at radius 1 is 1.57 bits per heavy atom. The van der Waals surface area contributed by atoms with E-state index in [1.165, 1.54) is 27.1 Å². The van der Waals surface area contributed by atoms with Crippen LogP contribution in [0.15, 0.2) is 17.2 Å². The number of hydrogen-bond acceptors (Lipinski definition) is 5. The van der Waals surface area contributed by atoms with E-state index in [1.54, 1.807) is 7.05 Å². The smallest absolute Gasteiger partial charge is 0.262 e. The van der Waals surface area contributed by atoms with Gasteiger partial charge in [0.2, 0.25) is 5.91 Å². The first kappa shape index (κ1) is 15.2. The molecule has 21 heavy (non-hydrogen) atoms. The molecule has 0 N–H and O–H groups in total. The lowest BCUT2D eigenvalue weighted by Crippen LogP contribution is -2.34. The van der Waals surface area contributed by atoms with Gasteiger partial charge >= 0.3 is 0 Å². The van der Waals surface area contributed by atoms with Crippen LogP contribution < -0.4 is 5.56 Å². The normalized spacial score (nSPS) is 10.5. The number of carbonyl (C=O) groups is 1. The van der Waals surface area contributed by atoms with Crippen molar-refractivity contribution in [1.82, 2.24) is 14.5 Å². The number of nitriles is 1. The Morgan fingerprint density at radius 3 is 3.00 bits per heavy atom. The zero-order chi connectivity index (χ0) is 15.4. The third-order valence-electron chi connectivity index (χ3n) is 3.21. The third-order valence-corrected chi connectivity index (χ3v) is 4.40. The van der Waals surface area contributed by atoms with Gasteiger partial charge in [0.15, 0.2) is 0 Å². The minimum absolute atomic E-state index is 0.0546. The van der Waals surface area contributed by atoms with Crippen molar-refractivity contribution in [2.24, 2.45) is 0 Å². The summed E-state index contributed by atoms with van der Waals surface area (Å²) < 4.78 is 1.32. The summed E-state index contributed by atoms with van der Waals surface area (Å²) >= 11 is 1.50. The summed E-state index contributed by atoms with van der Waals surface area (Å²) in [5, 5.41) is 9.08. The fourth-order valence-corrected chi connectivity index (χ4v) is 2.83. The van der Waals surface area contributed by atoms with Crippen LogP contribution in [0.25, 0.3) is 10.2 Å². The first-order valence-electron chi connectivity index (χ1n) is 6.65. The van der Waals surface area contributed by atoms with Crippen LogP contribution >= 0.6 is 11.3 Å². The Kier molecular flexibility index (Phi) is 4.70. The molecule has 2 aromatic heterocycles. The van der Waals surface area contributed by atoms with Gasteiger partial charge < -0.3 is 4.90 Å². The molecule has 0 aliphatic carbocycles. The second-order valence-electron chi connectivity index (χ2n) is 4.69. The molecule has 1 amide bonds. The van der Waals surface area contributed by atoms with E-state index in [4.69, 9.17) is 5.26 Å². The van der Waals surface area contributed by atoms with E-state index in [0.717, 1.165) is 11.3 Å². The number of thiophene rings is 1. The molecule has 0 saturated carbocycles. The largest absolute Gasteiger partial charge is 0.343 e. The number of rotatable bonds is 5. The van der Waals surface area contributed by atoms with Crippen LogP contribution in [0, 0.1) is 11.3 Å². The molecular formula is C14H16N4O2S. The van der Waals surface area contributed by atoms with E-state index in [2.05, 4.69) is 4.98 Å². The first-order chi connectivity index (χ1) is 10.1. The van der Waals surface area contributed by atoms with Gasteiger partial charge in [0.1, 0.15) is 11.4 Å². The van der Waals surface area contributed by atoms with Crippen molar-refractivity contribution >= 4 is 27.5 Å². The maximum Gasteiger partial charge on any atom is 0.262 e. The second-order valence-corrected chi connectivity index (χ2v) is 5.80. The van der Waals surface area contributed by atoms with Crippen LogP contribution in [0.2, 0.25) is 0 Å². The second kappa shape index (κ2) is 6.50. The summed E-state index contributed by atoms with van der Waals surface area (Å²) in [6.45, 7) is 2.33. The summed E-state index contributed by atoms with van der Waals surface area (Å²) in [5.74, 6) is -0.209. The van der Waals surface area contributed by atoms with Crippen LogP contribution in [-0.4, -0.2) is 34.0 Å². The Labute approximate surface area is 126 Å². The van der Waals surface area contributed by atoms with E-state index in [1.807, 2.05) is 19.1 Å². The molecule has 2 rings (SSSR count). The highest BCUT2D eigenvalue weighted by molar-refractivity contribution is 7.18. The Bertz CT molecular complexity index is 756.